The van der Waals surface area contributed by atoms with Crippen LogP contribution < -0.4 is 0 Å². The fraction of sp³-hybridized carbons (Fsp3) is 0.0667. The second-order valence-electron chi connectivity index (χ2n) is 4.36. The van der Waals surface area contributed by atoms with E-state index in [0.717, 1.165) is 4.47 Å². The van der Waals surface area contributed by atoms with Crippen LogP contribution in [0.5, 0.6) is 0 Å². The molecule has 1 aromatic carbocycles. The van der Waals surface area contributed by atoms with Crippen LogP contribution in [0.15, 0.2) is 52.1 Å². The fourth-order valence-corrected chi connectivity index (χ4v) is 3.30. The lowest BCUT2D eigenvalue weighted by molar-refractivity contribution is 0.103. The molecule has 0 atom stereocenters. The Morgan fingerprint density at radius 3 is 2.86 bits per heavy atom. The molecule has 106 valence electrons. The van der Waals surface area contributed by atoms with Gasteiger partial charge in [-0.25, -0.2) is 4.98 Å². The second kappa shape index (κ2) is 5.83. The average Bonchev–Trinajstić information content (AvgIpc) is 2.86. The smallest absolute Gasteiger partial charge is 0.212 e. The van der Waals surface area contributed by atoms with E-state index in [4.69, 9.17) is 11.6 Å². The Bertz CT molecular complexity index is 847. The molecule has 0 aliphatic carbocycles. The number of fused-ring (bicyclic) bond motifs is 1. The van der Waals surface area contributed by atoms with E-state index < -0.39 is 0 Å². The Labute approximate surface area is 139 Å². The van der Waals surface area contributed by atoms with Crippen molar-refractivity contribution in [3.8, 4) is 0 Å². The van der Waals surface area contributed by atoms with E-state index in [2.05, 4.69) is 20.9 Å². The van der Waals surface area contributed by atoms with Crippen LogP contribution >= 0.6 is 39.3 Å². The van der Waals surface area contributed by atoms with Gasteiger partial charge in [-0.15, -0.1) is 11.8 Å². The van der Waals surface area contributed by atoms with E-state index in [1.807, 2.05) is 18.4 Å². The predicted octanol–water partition coefficient (Wildman–Crippen LogP) is 4.70. The molecule has 0 saturated carbocycles. The molecule has 0 N–H and O–H groups in total. The summed E-state index contributed by atoms with van der Waals surface area (Å²) >= 11 is 11.0. The number of hydrogen-bond acceptors (Lipinski definition) is 3. The summed E-state index contributed by atoms with van der Waals surface area (Å²) in [7, 11) is 0. The summed E-state index contributed by atoms with van der Waals surface area (Å²) in [5, 5.41) is 1.20. The van der Waals surface area contributed by atoms with E-state index in [-0.39, 0.29) is 5.78 Å². The summed E-state index contributed by atoms with van der Waals surface area (Å²) in [4.78, 5) is 17.3. The molecule has 0 aliphatic heterocycles. The average molecular weight is 382 g/mol. The number of nitrogens with zero attached hydrogens (tertiary/aromatic N) is 2. The highest BCUT2D eigenvalue weighted by molar-refractivity contribution is 9.10. The van der Waals surface area contributed by atoms with Gasteiger partial charge in [0.1, 0.15) is 10.7 Å². The number of ketones is 1. The predicted molar refractivity (Wildman–Crippen MR) is 89.6 cm³/mol. The SMILES string of the molecule is CSc1nc2c(Cl)cccn2c1C(=O)c1cccc(Br)c1. The first-order valence-corrected chi connectivity index (χ1v) is 8.52. The molecule has 0 saturated heterocycles. The van der Waals surface area contributed by atoms with Crippen molar-refractivity contribution in [1.29, 1.82) is 0 Å². The maximum Gasteiger partial charge on any atom is 0.212 e. The minimum absolute atomic E-state index is 0.0737. The molecule has 2 aromatic heterocycles. The van der Waals surface area contributed by atoms with Crippen molar-refractivity contribution in [3.05, 3.63) is 63.3 Å². The monoisotopic (exact) mass is 380 g/mol. The Morgan fingerprint density at radius 1 is 1.33 bits per heavy atom. The van der Waals surface area contributed by atoms with Crippen molar-refractivity contribution in [2.75, 3.05) is 6.26 Å². The molecule has 0 bridgehead atoms. The van der Waals surface area contributed by atoms with Gasteiger partial charge in [0.05, 0.1) is 5.02 Å². The van der Waals surface area contributed by atoms with Crippen LogP contribution in [0.4, 0.5) is 0 Å². The largest absolute Gasteiger partial charge is 0.294 e. The van der Waals surface area contributed by atoms with Crippen LogP contribution in [-0.4, -0.2) is 21.4 Å². The summed E-state index contributed by atoms with van der Waals surface area (Å²) < 4.78 is 2.61. The van der Waals surface area contributed by atoms with E-state index in [1.165, 1.54) is 11.8 Å². The lowest BCUT2D eigenvalue weighted by Gasteiger charge is -2.04. The number of hydrogen-bond donors (Lipinski definition) is 0. The number of thioether (sulfide) groups is 1. The number of rotatable bonds is 3. The lowest BCUT2D eigenvalue weighted by Crippen LogP contribution is -2.06. The molecule has 0 aliphatic rings. The zero-order chi connectivity index (χ0) is 15.0. The van der Waals surface area contributed by atoms with Crippen LogP contribution in [0.25, 0.3) is 5.65 Å². The molecule has 0 amide bonds. The maximum absolute atomic E-state index is 12.8. The third-order valence-electron chi connectivity index (χ3n) is 3.07. The van der Waals surface area contributed by atoms with Gasteiger partial charge in [0, 0.05) is 16.2 Å². The normalized spacial score (nSPS) is 11.0. The molecule has 0 spiro atoms. The van der Waals surface area contributed by atoms with E-state index in [1.54, 1.807) is 34.9 Å². The molecule has 0 fully saturated rings. The Hall–Kier alpha value is -1.30. The third-order valence-corrected chi connectivity index (χ3v) is 4.53. The van der Waals surface area contributed by atoms with E-state index in [9.17, 15) is 4.79 Å². The molecule has 3 aromatic rings. The van der Waals surface area contributed by atoms with Gasteiger partial charge >= 0.3 is 0 Å². The summed E-state index contributed by atoms with van der Waals surface area (Å²) in [5.74, 6) is -0.0737. The number of halogens is 2. The Morgan fingerprint density at radius 2 is 2.14 bits per heavy atom. The lowest BCUT2D eigenvalue weighted by atomic mass is 10.1. The Balaban J connectivity index is 2.24. The van der Waals surface area contributed by atoms with Crippen LogP contribution in [0.2, 0.25) is 5.02 Å². The highest BCUT2D eigenvalue weighted by atomic mass is 79.9. The fourth-order valence-electron chi connectivity index (χ4n) is 2.13. The first-order valence-electron chi connectivity index (χ1n) is 6.12. The highest BCUT2D eigenvalue weighted by Crippen LogP contribution is 2.27. The molecule has 21 heavy (non-hydrogen) atoms. The molecule has 3 rings (SSSR count). The Kier molecular flexibility index (Phi) is 4.06. The van der Waals surface area contributed by atoms with Crippen molar-refractivity contribution >= 4 is 50.7 Å². The third kappa shape index (κ3) is 2.61. The number of carbonyl (C=O) groups excluding carboxylic acids is 1. The van der Waals surface area contributed by atoms with Gasteiger partial charge in [-0.2, -0.15) is 0 Å². The van der Waals surface area contributed by atoms with Gasteiger partial charge in [-0.3, -0.25) is 9.20 Å². The molecule has 0 radical (unpaired) electrons. The molecule has 0 unspecified atom stereocenters. The van der Waals surface area contributed by atoms with Gasteiger partial charge in [0.15, 0.2) is 5.65 Å². The number of carbonyl (C=O) groups is 1. The van der Waals surface area contributed by atoms with Gasteiger partial charge in [0.25, 0.3) is 0 Å². The first-order chi connectivity index (χ1) is 10.1. The van der Waals surface area contributed by atoms with E-state index >= 15 is 0 Å². The number of imidazole rings is 1. The summed E-state index contributed by atoms with van der Waals surface area (Å²) in [6.45, 7) is 0. The van der Waals surface area contributed by atoms with Crippen molar-refractivity contribution in [1.82, 2.24) is 9.38 Å². The van der Waals surface area contributed by atoms with Gasteiger partial charge in [0.2, 0.25) is 5.78 Å². The topological polar surface area (TPSA) is 34.4 Å². The minimum Gasteiger partial charge on any atom is -0.294 e. The second-order valence-corrected chi connectivity index (χ2v) is 6.48. The number of aromatic nitrogens is 2. The van der Waals surface area contributed by atoms with Crippen molar-refractivity contribution < 1.29 is 4.79 Å². The van der Waals surface area contributed by atoms with Crippen LogP contribution in [0.3, 0.4) is 0 Å². The quantitative estimate of drug-likeness (QED) is 0.487. The molecular weight excluding hydrogens is 372 g/mol. The molecule has 6 heteroatoms. The van der Waals surface area contributed by atoms with Gasteiger partial charge < -0.3 is 0 Å². The van der Waals surface area contributed by atoms with Crippen LogP contribution in [0.1, 0.15) is 16.1 Å². The zero-order valence-electron chi connectivity index (χ0n) is 11.0. The summed E-state index contributed by atoms with van der Waals surface area (Å²) in [6.07, 6.45) is 3.70. The van der Waals surface area contributed by atoms with Crippen molar-refractivity contribution in [2.45, 2.75) is 5.03 Å². The maximum atomic E-state index is 12.8. The number of benzene rings is 1. The standard InChI is InChI=1S/C15H10BrClN2OS/c1-21-15-12(13(20)9-4-2-5-10(16)8-9)19-7-3-6-11(17)14(19)18-15/h2-8H,1H3. The van der Waals surface area contributed by atoms with Crippen LogP contribution in [0, 0.1) is 0 Å². The molecule has 3 nitrogen and oxygen atoms in total. The van der Waals surface area contributed by atoms with Crippen molar-refractivity contribution in [2.24, 2.45) is 0 Å². The number of pyridine rings is 1. The first kappa shape index (κ1) is 14.6. The summed E-state index contributed by atoms with van der Waals surface area (Å²) in [5.41, 5.74) is 1.75. The molecule has 2 heterocycles. The minimum atomic E-state index is -0.0737. The van der Waals surface area contributed by atoms with Gasteiger partial charge in [-0.1, -0.05) is 39.7 Å². The van der Waals surface area contributed by atoms with Gasteiger partial charge in [-0.05, 0) is 30.5 Å². The van der Waals surface area contributed by atoms with Crippen molar-refractivity contribution in [3.63, 3.8) is 0 Å². The highest BCUT2D eigenvalue weighted by Gasteiger charge is 2.21. The van der Waals surface area contributed by atoms with Crippen LogP contribution in [-0.2, 0) is 0 Å². The molecular formula is C15H10BrClN2OS. The van der Waals surface area contributed by atoms with E-state index in [0.29, 0.717) is 27.0 Å². The zero-order valence-corrected chi connectivity index (χ0v) is 14.2. The summed E-state index contributed by atoms with van der Waals surface area (Å²) in [6, 6.07) is 10.9.